The fourth-order valence-electron chi connectivity index (χ4n) is 3.14. The average Bonchev–Trinajstić information content (AvgIpc) is 3.00. The standard InChI is InChI=1S/C22H24N4O2S2/c1-13-7-9-17(10-8-13)26(12-6-11-23)20(27)16(4)30-22-24-19-18(21(28)25(22)5)14(2)15(3)29-19/h7-10,16H,6,12H2,1-5H3. The lowest BCUT2D eigenvalue weighted by Gasteiger charge is -2.25. The molecule has 1 aromatic carbocycles. The summed E-state index contributed by atoms with van der Waals surface area (Å²) in [6, 6.07) is 9.78. The number of carbonyl (C=O) groups excluding carboxylic acids is 1. The Balaban J connectivity index is 1.91. The largest absolute Gasteiger partial charge is 0.310 e. The normalized spacial score (nSPS) is 12.0. The first-order valence-electron chi connectivity index (χ1n) is 9.63. The minimum atomic E-state index is -0.470. The van der Waals surface area contributed by atoms with Gasteiger partial charge in [0.25, 0.3) is 5.56 Å². The van der Waals surface area contributed by atoms with Crippen molar-refractivity contribution in [1.29, 1.82) is 5.26 Å². The topological polar surface area (TPSA) is 79.0 Å². The molecule has 6 nitrogen and oxygen atoms in total. The van der Waals surface area contributed by atoms with Gasteiger partial charge in [0, 0.05) is 24.2 Å². The highest BCUT2D eigenvalue weighted by Crippen LogP contribution is 2.30. The molecule has 1 amide bonds. The molecule has 30 heavy (non-hydrogen) atoms. The van der Waals surface area contributed by atoms with Gasteiger partial charge in [-0.1, -0.05) is 29.5 Å². The van der Waals surface area contributed by atoms with Crippen LogP contribution in [0.5, 0.6) is 0 Å². The van der Waals surface area contributed by atoms with Crippen LogP contribution in [0, 0.1) is 32.1 Å². The number of benzene rings is 1. The van der Waals surface area contributed by atoms with Crippen LogP contribution < -0.4 is 10.5 Å². The van der Waals surface area contributed by atoms with Crippen LogP contribution in [0.4, 0.5) is 5.69 Å². The maximum absolute atomic E-state index is 13.2. The Labute approximate surface area is 184 Å². The molecule has 0 spiro atoms. The Morgan fingerprint density at radius 2 is 1.97 bits per heavy atom. The predicted molar refractivity (Wildman–Crippen MR) is 123 cm³/mol. The minimum absolute atomic E-state index is 0.0936. The Morgan fingerprint density at radius 1 is 1.30 bits per heavy atom. The van der Waals surface area contributed by atoms with E-state index in [4.69, 9.17) is 5.26 Å². The van der Waals surface area contributed by atoms with Crippen LogP contribution in [-0.4, -0.2) is 27.3 Å². The molecule has 1 atom stereocenters. The third-order valence-corrected chi connectivity index (χ3v) is 7.29. The van der Waals surface area contributed by atoms with Gasteiger partial charge in [-0.05, 0) is 45.4 Å². The number of amides is 1. The molecular weight excluding hydrogens is 416 g/mol. The summed E-state index contributed by atoms with van der Waals surface area (Å²) in [4.78, 5) is 34.2. The second-order valence-corrected chi connectivity index (χ2v) is 9.73. The molecule has 1 unspecified atom stereocenters. The van der Waals surface area contributed by atoms with Crippen molar-refractivity contribution in [3.63, 3.8) is 0 Å². The van der Waals surface area contributed by atoms with Gasteiger partial charge in [0.1, 0.15) is 4.83 Å². The summed E-state index contributed by atoms with van der Waals surface area (Å²) in [5.41, 5.74) is 2.73. The summed E-state index contributed by atoms with van der Waals surface area (Å²) < 4.78 is 1.52. The van der Waals surface area contributed by atoms with Crippen molar-refractivity contribution in [1.82, 2.24) is 9.55 Å². The summed E-state index contributed by atoms with van der Waals surface area (Å²) in [6.07, 6.45) is 0.243. The predicted octanol–water partition coefficient (Wildman–Crippen LogP) is 4.35. The molecule has 0 aliphatic heterocycles. The number of thiophene rings is 1. The van der Waals surface area contributed by atoms with Crippen LogP contribution in [0.1, 0.15) is 29.3 Å². The van der Waals surface area contributed by atoms with E-state index in [1.165, 1.54) is 27.7 Å². The zero-order valence-corrected chi connectivity index (χ0v) is 19.4. The number of nitriles is 1. The maximum atomic E-state index is 13.2. The summed E-state index contributed by atoms with van der Waals surface area (Å²) in [5.74, 6) is -0.119. The van der Waals surface area contributed by atoms with E-state index in [2.05, 4.69) is 11.1 Å². The van der Waals surface area contributed by atoms with Gasteiger partial charge in [0.05, 0.1) is 23.1 Å². The van der Waals surface area contributed by atoms with Crippen molar-refractivity contribution in [3.8, 4) is 6.07 Å². The lowest BCUT2D eigenvalue weighted by molar-refractivity contribution is -0.117. The quantitative estimate of drug-likeness (QED) is 0.421. The molecule has 0 aliphatic rings. The van der Waals surface area contributed by atoms with E-state index in [1.807, 2.05) is 52.0 Å². The fraction of sp³-hybridized carbons (Fsp3) is 0.364. The molecule has 3 rings (SSSR count). The zero-order chi connectivity index (χ0) is 22.0. The molecule has 2 aromatic heterocycles. The van der Waals surface area contributed by atoms with Crippen molar-refractivity contribution >= 4 is 44.9 Å². The number of hydrogen-bond donors (Lipinski definition) is 0. The Kier molecular flexibility index (Phi) is 6.64. The van der Waals surface area contributed by atoms with E-state index in [1.54, 1.807) is 11.9 Å². The molecule has 0 fully saturated rings. The molecule has 0 saturated carbocycles. The lowest BCUT2D eigenvalue weighted by Crippen LogP contribution is -2.37. The van der Waals surface area contributed by atoms with Gasteiger partial charge < -0.3 is 4.90 Å². The second kappa shape index (κ2) is 9.02. The SMILES string of the molecule is Cc1ccc(N(CCC#N)C(=O)C(C)Sc2nc3sc(C)c(C)c3c(=O)n2C)cc1. The zero-order valence-electron chi connectivity index (χ0n) is 17.7. The van der Waals surface area contributed by atoms with Crippen LogP contribution in [-0.2, 0) is 11.8 Å². The number of aryl methyl sites for hydroxylation is 3. The molecule has 156 valence electrons. The number of thioether (sulfide) groups is 1. The van der Waals surface area contributed by atoms with Crippen molar-refractivity contribution < 1.29 is 4.79 Å². The Hall–Kier alpha value is -2.63. The molecule has 0 bridgehead atoms. The highest BCUT2D eigenvalue weighted by molar-refractivity contribution is 8.00. The van der Waals surface area contributed by atoms with E-state index in [-0.39, 0.29) is 17.9 Å². The van der Waals surface area contributed by atoms with Crippen LogP contribution >= 0.6 is 23.1 Å². The highest BCUT2D eigenvalue weighted by atomic mass is 32.2. The van der Waals surface area contributed by atoms with Gasteiger partial charge in [0.15, 0.2) is 5.16 Å². The monoisotopic (exact) mass is 440 g/mol. The summed E-state index contributed by atoms with van der Waals surface area (Å²) in [7, 11) is 1.69. The van der Waals surface area contributed by atoms with E-state index >= 15 is 0 Å². The number of fused-ring (bicyclic) bond motifs is 1. The van der Waals surface area contributed by atoms with Crippen molar-refractivity contribution in [2.45, 2.75) is 44.5 Å². The number of carbonyl (C=O) groups is 1. The van der Waals surface area contributed by atoms with E-state index < -0.39 is 5.25 Å². The first kappa shape index (κ1) is 22.1. The van der Waals surface area contributed by atoms with E-state index in [0.29, 0.717) is 21.9 Å². The van der Waals surface area contributed by atoms with E-state index in [0.717, 1.165) is 21.7 Å². The number of anilines is 1. The Bertz CT molecular complexity index is 1190. The van der Waals surface area contributed by atoms with Crippen LogP contribution in [0.3, 0.4) is 0 Å². The fourth-order valence-corrected chi connectivity index (χ4v) is 5.15. The summed E-state index contributed by atoms with van der Waals surface area (Å²) >= 11 is 2.76. The molecule has 0 aliphatic carbocycles. The van der Waals surface area contributed by atoms with Gasteiger partial charge in [-0.25, -0.2) is 4.98 Å². The van der Waals surface area contributed by atoms with Crippen LogP contribution in [0.15, 0.2) is 34.2 Å². The van der Waals surface area contributed by atoms with Gasteiger partial charge in [-0.3, -0.25) is 14.2 Å². The van der Waals surface area contributed by atoms with Crippen molar-refractivity contribution in [3.05, 3.63) is 50.6 Å². The number of hydrogen-bond acceptors (Lipinski definition) is 6. The van der Waals surface area contributed by atoms with Crippen molar-refractivity contribution in [2.24, 2.45) is 7.05 Å². The van der Waals surface area contributed by atoms with Gasteiger partial charge in [-0.2, -0.15) is 5.26 Å². The summed E-state index contributed by atoms with van der Waals surface area (Å²) in [6.45, 7) is 8.03. The molecular formula is C22H24N4O2S2. The van der Waals surface area contributed by atoms with Crippen LogP contribution in [0.25, 0.3) is 10.2 Å². The first-order valence-corrected chi connectivity index (χ1v) is 11.3. The molecule has 0 radical (unpaired) electrons. The van der Waals surface area contributed by atoms with Gasteiger partial charge in [0.2, 0.25) is 5.91 Å². The van der Waals surface area contributed by atoms with Crippen LogP contribution in [0.2, 0.25) is 0 Å². The third kappa shape index (κ3) is 4.27. The number of nitrogens with zero attached hydrogens (tertiary/aromatic N) is 4. The average molecular weight is 441 g/mol. The highest BCUT2D eigenvalue weighted by Gasteiger charge is 2.25. The molecule has 0 saturated heterocycles. The van der Waals surface area contributed by atoms with E-state index in [9.17, 15) is 9.59 Å². The minimum Gasteiger partial charge on any atom is -0.310 e. The van der Waals surface area contributed by atoms with Gasteiger partial charge >= 0.3 is 0 Å². The third-order valence-electron chi connectivity index (χ3n) is 5.06. The van der Waals surface area contributed by atoms with Crippen molar-refractivity contribution in [2.75, 3.05) is 11.4 Å². The number of rotatable bonds is 6. The smallest absolute Gasteiger partial charge is 0.262 e. The first-order chi connectivity index (χ1) is 14.2. The Morgan fingerprint density at radius 3 is 2.60 bits per heavy atom. The van der Waals surface area contributed by atoms with Gasteiger partial charge in [-0.15, -0.1) is 11.3 Å². The lowest BCUT2D eigenvalue weighted by atomic mass is 10.2. The molecule has 0 N–H and O–H groups in total. The number of aromatic nitrogens is 2. The molecule has 8 heteroatoms. The maximum Gasteiger partial charge on any atom is 0.262 e. The summed E-state index contributed by atoms with van der Waals surface area (Å²) in [5, 5.41) is 9.71. The second-order valence-electron chi connectivity index (χ2n) is 7.22. The molecule has 3 aromatic rings. The molecule has 2 heterocycles.